The number of benzene rings is 1. The highest BCUT2D eigenvalue weighted by Crippen LogP contribution is 2.24. The summed E-state index contributed by atoms with van der Waals surface area (Å²) in [5, 5.41) is 16.5. The summed E-state index contributed by atoms with van der Waals surface area (Å²) >= 11 is 0. The topological polar surface area (TPSA) is 76.9 Å². The van der Waals surface area contributed by atoms with E-state index < -0.39 is 0 Å². The average Bonchev–Trinajstić information content (AvgIpc) is 2.77. The van der Waals surface area contributed by atoms with E-state index in [0.29, 0.717) is 17.6 Å². The molecule has 6 nitrogen and oxygen atoms in total. The Hall–Kier alpha value is -2.65. The number of hydrogen-bond donors (Lipinski definition) is 2. The number of hydrogen-bond acceptors (Lipinski definition) is 6. The van der Waals surface area contributed by atoms with Crippen molar-refractivity contribution in [2.75, 3.05) is 29.9 Å². The SMILES string of the molecule is CCCCc1cc(N2CCCC(NCC(C)(C)C)C2)nc(Nc2ccc(C)c(C#N)c2)n1. The molecule has 1 aromatic carbocycles. The highest BCUT2D eigenvalue weighted by molar-refractivity contribution is 5.59. The molecule has 2 aromatic rings. The Bertz CT molecular complexity index is 940. The summed E-state index contributed by atoms with van der Waals surface area (Å²) in [4.78, 5) is 12.0. The molecule has 172 valence electrons. The molecule has 0 bridgehead atoms. The zero-order chi connectivity index (χ0) is 23.1. The van der Waals surface area contributed by atoms with E-state index in [1.54, 1.807) is 0 Å². The molecule has 1 fully saturated rings. The molecule has 32 heavy (non-hydrogen) atoms. The summed E-state index contributed by atoms with van der Waals surface area (Å²) in [5.74, 6) is 1.59. The third-order valence-corrected chi connectivity index (χ3v) is 5.83. The third-order valence-electron chi connectivity index (χ3n) is 5.83. The zero-order valence-electron chi connectivity index (χ0n) is 20.3. The van der Waals surface area contributed by atoms with Gasteiger partial charge in [-0.1, -0.05) is 40.2 Å². The molecule has 0 saturated carbocycles. The van der Waals surface area contributed by atoms with Crippen molar-refractivity contribution >= 4 is 17.5 Å². The first kappa shape index (κ1) is 24.0. The number of nitrogens with zero attached hydrogens (tertiary/aromatic N) is 4. The smallest absolute Gasteiger partial charge is 0.229 e. The van der Waals surface area contributed by atoms with E-state index in [0.717, 1.165) is 68.1 Å². The lowest BCUT2D eigenvalue weighted by Gasteiger charge is -2.35. The summed E-state index contributed by atoms with van der Waals surface area (Å²) < 4.78 is 0. The van der Waals surface area contributed by atoms with Crippen LogP contribution in [0.3, 0.4) is 0 Å². The molecule has 6 heteroatoms. The van der Waals surface area contributed by atoms with E-state index in [-0.39, 0.29) is 5.41 Å². The van der Waals surface area contributed by atoms with Crippen LogP contribution in [-0.4, -0.2) is 35.6 Å². The van der Waals surface area contributed by atoms with Gasteiger partial charge in [-0.2, -0.15) is 10.2 Å². The average molecular weight is 435 g/mol. The highest BCUT2D eigenvalue weighted by atomic mass is 15.2. The molecule has 1 unspecified atom stereocenters. The van der Waals surface area contributed by atoms with Crippen LogP contribution in [0.15, 0.2) is 24.3 Å². The predicted molar refractivity (Wildman–Crippen MR) is 133 cm³/mol. The second kappa shape index (κ2) is 10.8. The van der Waals surface area contributed by atoms with Gasteiger partial charge in [-0.15, -0.1) is 0 Å². The monoisotopic (exact) mass is 434 g/mol. The first-order valence-corrected chi connectivity index (χ1v) is 11.9. The van der Waals surface area contributed by atoms with Gasteiger partial charge in [0.25, 0.3) is 0 Å². The van der Waals surface area contributed by atoms with Crippen molar-refractivity contribution in [2.45, 2.75) is 72.8 Å². The fraction of sp³-hybridized carbons (Fsp3) is 0.577. The van der Waals surface area contributed by atoms with Gasteiger partial charge in [0.1, 0.15) is 5.82 Å². The van der Waals surface area contributed by atoms with Gasteiger partial charge in [0.2, 0.25) is 5.95 Å². The largest absolute Gasteiger partial charge is 0.355 e. The van der Waals surface area contributed by atoms with Crippen molar-refractivity contribution in [3.05, 3.63) is 41.1 Å². The lowest BCUT2D eigenvalue weighted by atomic mass is 9.95. The van der Waals surface area contributed by atoms with Gasteiger partial charge in [0, 0.05) is 43.1 Å². The molecular weight excluding hydrogens is 396 g/mol. The van der Waals surface area contributed by atoms with Crippen molar-refractivity contribution in [3.8, 4) is 6.07 Å². The molecule has 0 radical (unpaired) electrons. The summed E-state index contributed by atoms with van der Waals surface area (Å²) in [6.07, 6.45) is 5.54. The van der Waals surface area contributed by atoms with Crippen LogP contribution < -0.4 is 15.5 Å². The van der Waals surface area contributed by atoms with Crippen molar-refractivity contribution < 1.29 is 0 Å². The van der Waals surface area contributed by atoms with Crippen LogP contribution in [0.1, 0.15) is 70.2 Å². The minimum Gasteiger partial charge on any atom is -0.355 e. The molecule has 1 atom stereocenters. The Morgan fingerprint density at radius 2 is 2.03 bits per heavy atom. The summed E-state index contributed by atoms with van der Waals surface area (Å²) in [5.41, 5.74) is 3.82. The molecule has 3 rings (SSSR count). The van der Waals surface area contributed by atoms with E-state index in [1.807, 2.05) is 25.1 Å². The molecule has 2 N–H and O–H groups in total. The lowest BCUT2D eigenvalue weighted by Crippen LogP contribution is -2.48. The number of nitrogens with one attached hydrogen (secondary N) is 2. The maximum atomic E-state index is 9.36. The van der Waals surface area contributed by atoms with E-state index in [2.05, 4.69) is 55.4 Å². The van der Waals surface area contributed by atoms with Crippen molar-refractivity contribution in [2.24, 2.45) is 5.41 Å². The zero-order valence-corrected chi connectivity index (χ0v) is 20.3. The number of nitriles is 1. The number of aromatic nitrogens is 2. The van der Waals surface area contributed by atoms with Gasteiger partial charge in [0.15, 0.2) is 0 Å². The van der Waals surface area contributed by atoms with Crippen LogP contribution in [0.4, 0.5) is 17.5 Å². The molecular formula is C26H38N6. The van der Waals surface area contributed by atoms with Crippen molar-refractivity contribution in [1.29, 1.82) is 5.26 Å². The molecule has 1 aliphatic heterocycles. The number of rotatable bonds is 8. The Kier molecular flexibility index (Phi) is 8.09. The van der Waals surface area contributed by atoms with Crippen LogP contribution in [0.2, 0.25) is 0 Å². The third kappa shape index (κ3) is 6.93. The Labute approximate surface area is 193 Å². The maximum Gasteiger partial charge on any atom is 0.229 e. The van der Waals surface area contributed by atoms with E-state index >= 15 is 0 Å². The van der Waals surface area contributed by atoms with E-state index in [1.165, 1.54) is 6.42 Å². The summed E-state index contributed by atoms with van der Waals surface area (Å²) in [7, 11) is 0. The minimum absolute atomic E-state index is 0.276. The Balaban J connectivity index is 1.81. The normalized spacial score (nSPS) is 16.6. The van der Waals surface area contributed by atoms with Crippen molar-refractivity contribution in [3.63, 3.8) is 0 Å². The molecule has 1 saturated heterocycles. The first-order chi connectivity index (χ1) is 15.3. The molecule has 1 aromatic heterocycles. The molecule has 0 amide bonds. The van der Waals surface area contributed by atoms with Crippen LogP contribution in [0.5, 0.6) is 0 Å². The van der Waals surface area contributed by atoms with Gasteiger partial charge in [-0.3, -0.25) is 0 Å². The van der Waals surface area contributed by atoms with E-state index in [4.69, 9.17) is 9.97 Å². The standard InChI is InChI=1S/C26H38N6/c1-6-7-9-21-15-24(32-13-8-10-23(17-32)28-18-26(3,4)5)31-25(29-21)30-22-12-11-19(2)20(14-22)16-27/h11-12,14-15,23,28H,6-10,13,17-18H2,1-5H3,(H,29,30,31). The van der Waals surface area contributed by atoms with Gasteiger partial charge in [-0.25, -0.2) is 4.98 Å². The van der Waals surface area contributed by atoms with Gasteiger partial charge in [0.05, 0.1) is 11.6 Å². The van der Waals surface area contributed by atoms with Crippen molar-refractivity contribution in [1.82, 2.24) is 15.3 Å². The molecule has 0 spiro atoms. The van der Waals surface area contributed by atoms with Crippen LogP contribution >= 0.6 is 0 Å². The molecule has 2 heterocycles. The van der Waals surface area contributed by atoms with Crippen LogP contribution in [0, 0.1) is 23.7 Å². The minimum atomic E-state index is 0.276. The highest BCUT2D eigenvalue weighted by Gasteiger charge is 2.23. The molecule has 1 aliphatic rings. The van der Waals surface area contributed by atoms with Gasteiger partial charge < -0.3 is 15.5 Å². The number of anilines is 3. The van der Waals surface area contributed by atoms with E-state index in [9.17, 15) is 5.26 Å². The first-order valence-electron chi connectivity index (χ1n) is 11.9. The van der Waals surface area contributed by atoms with Crippen LogP contribution in [-0.2, 0) is 6.42 Å². The number of piperidine rings is 1. The molecule has 0 aliphatic carbocycles. The van der Waals surface area contributed by atoms with Crippen LogP contribution in [0.25, 0.3) is 0 Å². The predicted octanol–water partition coefficient (Wildman–Crippen LogP) is 5.35. The Morgan fingerprint density at radius 1 is 1.22 bits per heavy atom. The van der Waals surface area contributed by atoms with Gasteiger partial charge in [-0.05, 0) is 55.7 Å². The number of aryl methyl sites for hydroxylation is 2. The summed E-state index contributed by atoms with van der Waals surface area (Å²) in [6, 6.07) is 10.7. The quantitative estimate of drug-likeness (QED) is 0.583. The fourth-order valence-electron chi connectivity index (χ4n) is 3.94. The lowest BCUT2D eigenvalue weighted by molar-refractivity contribution is 0.328. The Morgan fingerprint density at radius 3 is 2.75 bits per heavy atom. The summed E-state index contributed by atoms with van der Waals surface area (Å²) in [6.45, 7) is 13.9. The number of unbranched alkanes of at least 4 members (excludes halogenated alkanes) is 1. The second-order valence-electron chi connectivity index (χ2n) is 10.1. The maximum absolute atomic E-state index is 9.36. The second-order valence-corrected chi connectivity index (χ2v) is 10.1. The fourth-order valence-corrected chi connectivity index (χ4v) is 3.94. The van der Waals surface area contributed by atoms with Gasteiger partial charge >= 0.3 is 0 Å².